The molecular formula is C23H36N4O. The van der Waals surface area contributed by atoms with E-state index in [-0.39, 0.29) is 5.41 Å². The van der Waals surface area contributed by atoms with Gasteiger partial charge in [0.2, 0.25) is 0 Å². The Morgan fingerprint density at radius 1 is 1.18 bits per heavy atom. The van der Waals surface area contributed by atoms with Crippen molar-refractivity contribution in [1.29, 1.82) is 0 Å². The highest BCUT2D eigenvalue weighted by atomic mass is 16.5. The predicted octanol–water partition coefficient (Wildman–Crippen LogP) is 3.40. The molecule has 4 rings (SSSR count). The summed E-state index contributed by atoms with van der Waals surface area (Å²) in [7, 11) is 1.85. The number of fused-ring (bicyclic) bond motifs is 1. The molecule has 0 bridgehead atoms. The second kappa shape index (κ2) is 7.94. The fraction of sp³-hybridized carbons (Fsp3) is 0.696. The largest absolute Gasteiger partial charge is 0.377 e. The summed E-state index contributed by atoms with van der Waals surface area (Å²) >= 11 is 0. The number of nitrogens with one attached hydrogen (secondary N) is 2. The van der Waals surface area contributed by atoms with Gasteiger partial charge in [-0.25, -0.2) is 0 Å². The molecule has 3 atom stereocenters. The molecule has 2 saturated heterocycles. The second-order valence-electron chi connectivity index (χ2n) is 9.45. The highest BCUT2D eigenvalue weighted by molar-refractivity contribution is 5.80. The average Bonchev–Trinajstić information content (AvgIpc) is 3.16. The smallest absolute Gasteiger partial charge is 0.191 e. The van der Waals surface area contributed by atoms with Crippen molar-refractivity contribution < 1.29 is 4.74 Å². The number of hydrogen-bond donors (Lipinski definition) is 2. The van der Waals surface area contributed by atoms with Crippen LogP contribution in [0, 0.1) is 17.3 Å². The summed E-state index contributed by atoms with van der Waals surface area (Å²) in [4.78, 5) is 6.96. The van der Waals surface area contributed by atoms with Gasteiger partial charge in [-0.3, -0.25) is 4.99 Å². The summed E-state index contributed by atoms with van der Waals surface area (Å²) < 4.78 is 5.90. The van der Waals surface area contributed by atoms with Gasteiger partial charge < -0.3 is 20.3 Å². The van der Waals surface area contributed by atoms with E-state index in [4.69, 9.17) is 4.74 Å². The quantitative estimate of drug-likeness (QED) is 0.617. The van der Waals surface area contributed by atoms with Crippen molar-refractivity contribution in [3.63, 3.8) is 0 Å². The number of nitrogens with zero attached hydrogens (tertiary/aromatic N) is 2. The molecule has 5 nitrogen and oxygen atoms in total. The van der Waals surface area contributed by atoms with E-state index in [1.165, 1.54) is 37.2 Å². The van der Waals surface area contributed by atoms with Crippen LogP contribution in [0.25, 0.3) is 0 Å². The van der Waals surface area contributed by atoms with E-state index in [9.17, 15) is 0 Å². The number of benzene rings is 1. The number of piperidine rings is 1. The minimum atomic E-state index is 0.159. The molecule has 0 amide bonds. The van der Waals surface area contributed by atoms with Crippen LogP contribution < -0.4 is 15.5 Å². The molecule has 3 aliphatic rings. The Bertz CT molecular complexity index is 691. The zero-order valence-electron chi connectivity index (χ0n) is 17.9. The number of ether oxygens (including phenoxy) is 1. The summed E-state index contributed by atoms with van der Waals surface area (Å²) in [5, 5.41) is 7.14. The monoisotopic (exact) mass is 384 g/mol. The number of guanidine groups is 1. The summed E-state index contributed by atoms with van der Waals surface area (Å²) in [6, 6.07) is 9.43. The van der Waals surface area contributed by atoms with Gasteiger partial charge in [-0.2, -0.15) is 0 Å². The number of anilines is 1. The molecule has 1 aliphatic carbocycles. The van der Waals surface area contributed by atoms with Gasteiger partial charge >= 0.3 is 0 Å². The van der Waals surface area contributed by atoms with Crippen molar-refractivity contribution in [3.05, 3.63) is 29.8 Å². The van der Waals surface area contributed by atoms with Crippen LogP contribution in [0.3, 0.4) is 0 Å². The van der Waals surface area contributed by atoms with E-state index in [1.54, 1.807) is 0 Å². The van der Waals surface area contributed by atoms with E-state index < -0.39 is 0 Å². The third-order valence-corrected chi connectivity index (χ3v) is 7.16. The summed E-state index contributed by atoms with van der Waals surface area (Å²) in [6.07, 6.45) is 4.15. The average molecular weight is 385 g/mol. The first-order valence-corrected chi connectivity index (χ1v) is 10.9. The Morgan fingerprint density at radius 2 is 1.89 bits per heavy atom. The molecule has 2 N–H and O–H groups in total. The molecule has 2 aliphatic heterocycles. The maximum absolute atomic E-state index is 5.90. The van der Waals surface area contributed by atoms with Crippen molar-refractivity contribution >= 4 is 11.6 Å². The zero-order chi connectivity index (χ0) is 19.7. The number of hydrogen-bond acceptors (Lipinski definition) is 3. The molecule has 3 unspecified atom stereocenters. The third kappa shape index (κ3) is 3.73. The minimum Gasteiger partial charge on any atom is -0.377 e. The lowest BCUT2D eigenvalue weighted by molar-refractivity contribution is -0.106. The third-order valence-electron chi connectivity index (χ3n) is 7.16. The molecule has 154 valence electrons. The van der Waals surface area contributed by atoms with Crippen LogP contribution in [0.2, 0.25) is 0 Å². The van der Waals surface area contributed by atoms with Gasteiger partial charge in [0.25, 0.3) is 0 Å². The molecule has 1 aromatic rings. The standard InChI is InChI=1S/C23H36N4O/c1-16-9-12-27(13-10-16)18-7-5-17(6-8-18)15-25-22(24-4)26-20-19-11-14-28-21(19)23(20,2)3/h5-8,16,19-21H,9-15H2,1-4H3,(H2,24,25,26). The van der Waals surface area contributed by atoms with Crippen LogP contribution >= 0.6 is 0 Å². The van der Waals surface area contributed by atoms with Gasteiger partial charge in [0.1, 0.15) is 0 Å². The molecule has 0 aromatic heterocycles. The summed E-state index contributed by atoms with van der Waals surface area (Å²) in [6.45, 7) is 11.0. The Kier molecular flexibility index (Phi) is 5.55. The van der Waals surface area contributed by atoms with E-state index in [0.717, 1.165) is 31.4 Å². The van der Waals surface area contributed by atoms with E-state index >= 15 is 0 Å². The fourth-order valence-corrected chi connectivity index (χ4v) is 5.24. The lowest BCUT2D eigenvalue weighted by Crippen LogP contribution is -2.67. The minimum absolute atomic E-state index is 0.159. The molecule has 1 saturated carbocycles. The molecule has 1 aromatic carbocycles. The second-order valence-corrected chi connectivity index (χ2v) is 9.45. The van der Waals surface area contributed by atoms with Gasteiger partial charge in [0, 0.05) is 56.4 Å². The first-order chi connectivity index (χ1) is 13.5. The highest BCUT2D eigenvalue weighted by Crippen LogP contribution is 2.52. The van der Waals surface area contributed by atoms with Crippen LogP contribution in [0.4, 0.5) is 5.69 Å². The molecule has 0 spiro atoms. The highest BCUT2D eigenvalue weighted by Gasteiger charge is 2.59. The van der Waals surface area contributed by atoms with E-state index in [2.05, 4.69) is 65.6 Å². The number of aliphatic imine (C=N–C) groups is 1. The Labute approximate surface area is 169 Å². The topological polar surface area (TPSA) is 48.9 Å². The van der Waals surface area contributed by atoms with Gasteiger partial charge in [-0.1, -0.05) is 32.9 Å². The van der Waals surface area contributed by atoms with Crippen molar-refractivity contribution in [2.45, 2.75) is 58.7 Å². The Morgan fingerprint density at radius 3 is 2.57 bits per heavy atom. The van der Waals surface area contributed by atoms with Crippen molar-refractivity contribution in [2.75, 3.05) is 31.6 Å². The van der Waals surface area contributed by atoms with Crippen molar-refractivity contribution in [1.82, 2.24) is 10.6 Å². The first kappa shape index (κ1) is 19.6. The zero-order valence-corrected chi connectivity index (χ0v) is 17.9. The molecule has 5 heteroatoms. The summed E-state index contributed by atoms with van der Waals surface area (Å²) in [5.74, 6) is 2.36. The number of rotatable bonds is 4. The SMILES string of the molecule is CN=C(NCc1ccc(N2CCC(C)CC2)cc1)NC1C2CCOC2C1(C)C. The van der Waals surface area contributed by atoms with Gasteiger partial charge in [-0.15, -0.1) is 0 Å². The predicted molar refractivity (Wildman–Crippen MR) is 116 cm³/mol. The van der Waals surface area contributed by atoms with Crippen molar-refractivity contribution in [3.8, 4) is 0 Å². The lowest BCUT2D eigenvalue weighted by Gasteiger charge is -2.54. The Balaban J connectivity index is 1.29. The fourth-order valence-electron chi connectivity index (χ4n) is 5.24. The lowest BCUT2D eigenvalue weighted by atomic mass is 9.57. The van der Waals surface area contributed by atoms with Crippen molar-refractivity contribution in [2.24, 2.45) is 22.2 Å². The van der Waals surface area contributed by atoms with Gasteiger partial charge in [0.15, 0.2) is 5.96 Å². The summed E-state index contributed by atoms with van der Waals surface area (Å²) in [5.41, 5.74) is 2.79. The maximum Gasteiger partial charge on any atom is 0.191 e. The molecule has 0 radical (unpaired) electrons. The van der Waals surface area contributed by atoms with Gasteiger partial charge in [0.05, 0.1) is 6.10 Å². The molecule has 3 fully saturated rings. The first-order valence-electron chi connectivity index (χ1n) is 10.9. The van der Waals surface area contributed by atoms with Crippen LogP contribution in [0.15, 0.2) is 29.3 Å². The maximum atomic E-state index is 5.90. The van der Waals surface area contributed by atoms with Crippen LogP contribution in [0.5, 0.6) is 0 Å². The van der Waals surface area contributed by atoms with Crippen LogP contribution in [-0.2, 0) is 11.3 Å². The normalized spacial score (nSPS) is 29.9. The molecule has 2 heterocycles. The van der Waals surface area contributed by atoms with Crippen LogP contribution in [0.1, 0.15) is 45.6 Å². The Hall–Kier alpha value is -1.75. The van der Waals surface area contributed by atoms with Crippen LogP contribution in [-0.4, -0.2) is 44.8 Å². The molecule has 28 heavy (non-hydrogen) atoms. The van der Waals surface area contributed by atoms with E-state index in [0.29, 0.717) is 18.1 Å². The van der Waals surface area contributed by atoms with Gasteiger partial charge in [-0.05, 0) is 42.9 Å². The molecular weight excluding hydrogens is 348 g/mol. The van der Waals surface area contributed by atoms with E-state index in [1.807, 2.05) is 7.05 Å².